The number of ether oxygens (including phenoxy) is 1. The van der Waals surface area contributed by atoms with Gasteiger partial charge in [0.05, 0.1) is 24.3 Å². The number of benzene rings is 1. The molecular formula is C22H22FN3O3. The minimum absolute atomic E-state index is 0.0714. The Morgan fingerprint density at radius 2 is 1.62 bits per heavy atom. The second-order valence-electron chi connectivity index (χ2n) is 7.44. The van der Waals surface area contributed by atoms with E-state index in [-0.39, 0.29) is 30.6 Å². The fourth-order valence-electron chi connectivity index (χ4n) is 3.91. The van der Waals surface area contributed by atoms with E-state index in [1.807, 2.05) is 18.7 Å². The summed E-state index contributed by atoms with van der Waals surface area (Å²) in [6, 6.07) is 9.23. The van der Waals surface area contributed by atoms with Crippen LogP contribution in [0, 0.1) is 5.82 Å². The molecular weight excluding hydrogens is 373 g/mol. The van der Waals surface area contributed by atoms with E-state index in [1.165, 1.54) is 17.0 Å². The van der Waals surface area contributed by atoms with Gasteiger partial charge in [0, 0.05) is 25.5 Å². The van der Waals surface area contributed by atoms with Crippen molar-refractivity contribution in [3.05, 3.63) is 71.4 Å². The third-order valence-electron chi connectivity index (χ3n) is 5.10. The molecule has 3 heterocycles. The van der Waals surface area contributed by atoms with Crippen molar-refractivity contribution in [2.24, 2.45) is 0 Å². The largest absolute Gasteiger partial charge is 0.372 e. The van der Waals surface area contributed by atoms with Gasteiger partial charge >= 0.3 is 0 Å². The molecule has 2 aliphatic heterocycles. The summed E-state index contributed by atoms with van der Waals surface area (Å²) < 4.78 is 19.2. The fraction of sp³-hybridized carbons (Fsp3) is 0.318. The van der Waals surface area contributed by atoms with Crippen molar-refractivity contribution in [2.45, 2.75) is 32.6 Å². The van der Waals surface area contributed by atoms with Crippen LogP contribution in [-0.2, 0) is 20.9 Å². The highest BCUT2D eigenvalue weighted by Crippen LogP contribution is 2.34. The van der Waals surface area contributed by atoms with Gasteiger partial charge in [0.25, 0.3) is 11.8 Å². The van der Waals surface area contributed by atoms with Crippen LogP contribution in [0.3, 0.4) is 0 Å². The third kappa shape index (κ3) is 3.78. The van der Waals surface area contributed by atoms with E-state index >= 15 is 0 Å². The van der Waals surface area contributed by atoms with Gasteiger partial charge in [0.1, 0.15) is 11.5 Å². The van der Waals surface area contributed by atoms with Crippen LogP contribution in [0.15, 0.2) is 54.5 Å². The van der Waals surface area contributed by atoms with Gasteiger partial charge in [-0.25, -0.2) is 4.39 Å². The quantitative estimate of drug-likeness (QED) is 0.745. The van der Waals surface area contributed by atoms with Crippen LogP contribution in [-0.4, -0.2) is 51.9 Å². The highest BCUT2D eigenvalue weighted by Gasteiger charge is 2.43. The molecule has 29 heavy (non-hydrogen) atoms. The van der Waals surface area contributed by atoms with Gasteiger partial charge in [-0.15, -0.1) is 0 Å². The molecule has 2 atom stereocenters. The molecule has 2 unspecified atom stereocenters. The molecule has 1 saturated heterocycles. The number of hydrogen-bond donors (Lipinski definition) is 0. The standard InChI is InChI=1S/C22H22FN3O3/c1-14-11-25(12-15(2)29-14)20-19(17-3-5-18(23)6-4-17)21(27)26(22(20)28)13-16-7-9-24-10-8-16/h3-10,14-15H,11-13H2,1-2H3. The first-order valence-corrected chi connectivity index (χ1v) is 9.59. The molecule has 0 bridgehead atoms. The van der Waals surface area contributed by atoms with Crippen molar-refractivity contribution in [2.75, 3.05) is 13.1 Å². The van der Waals surface area contributed by atoms with Crippen molar-refractivity contribution in [1.82, 2.24) is 14.8 Å². The average Bonchev–Trinajstić information content (AvgIpc) is 2.93. The maximum Gasteiger partial charge on any atom is 0.278 e. The minimum atomic E-state index is -0.394. The Labute approximate surface area is 168 Å². The van der Waals surface area contributed by atoms with Crippen molar-refractivity contribution >= 4 is 17.4 Å². The summed E-state index contributed by atoms with van der Waals surface area (Å²) in [5.41, 5.74) is 2.01. The molecule has 150 valence electrons. The molecule has 0 saturated carbocycles. The molecule has 0 aliphatic carbocycles. The first-order valence-electron chi connectivity index (χ1n) is 9.59. The van der Waals surface area contributed by atoms with Crippen molar-refractivity contribution in [1.29, 1.82) is 0 Å². The smallest absolute Gasteiger partial charge is 0.278 e. The van der Waals surface area contributed by atoms with Gasteiger partial charge in [0.15, 0.2) is 0 Å². The second kappa shape index (κ2) is 7.75. The number of halogens is 1. The molecule has 1 aromatic heterocycles. The first-order chi connectivity index (χ1) is 13.9. The zero-order valence-corrected chi connectivity index (χ0v) is 16.3. The Kier molecular flexibility index (Phi) is 5.15. The third-order valence-corrected chi connectivity index (χ3v) is 5.10. The maximum absolute atomic E-state index is 13.5. The number of carbonyl (C=O) groups is 2. The van der Waals surface area contributed by atoms with Gasteiger partial charge in [-0.1, -0.05) is 12.1 Å². The second-order valence-corrected chi connectivity index (χ2v) is 7.44. The summed E-state index contributed by atoms with van der Waals surface area (Å²) >= 11 is 0. The molecule has 0 N–H and O–H groups in total. The van der Waals surface area contributed by atoms with E-state index in [1.54, 1.807) is 36.7 Å². The number of carbonyl (C=O) groups excluding carboxylic acids is 2. The molecule has 1 fully saturated rings. The number of nitrogens with zero attached hydrogens (tertiary/aromatic N) is 3. The van der Waals surface area contributed by atoms with E-state index < -0.39 is 5.82 Å². The number of hydrogen-bond acceptors (Lipinski definition) is 5. The summed E-state index contributed by atoms with van der Waals surface area (Å²) in [6.45, 7) is 5.05. The van der Waals surface area contributed by atoms with Crippen LogP contribution >= 0.6 is 0 Å². The molecule has 2 aromatic rings. The lowest BCUT2D eigenvalue weighted by Crippen LogP contribution is -2.46. The summed E-state index contributed by atoms with van der Waals surface area (Å²) in [7, 11) is 0. The predicted molar refractivity (Wildman–Crippen MR) is 105 cm³/mol. The van der Waals surface area contributed by atoms with Gasteiger partial charge < -0.3 is 9.64 Å². The highest BCUT2D eigenvalue weighted by molar-refractivity contribution is 6.35. The van der Waals surface area contributed by atoms with Crippen LogP contribution < -0.4 is 0 Å². The topological polar surface area (TPSA) is 62.7 Å². The Hall–Kier alpha value is -3.06. The lowest BCUT2D eigenvalue weighted by molar-refractivity contribution is -0.139. The van der Waals surface area contributed by atoms with Crippen LogP contribution in [0.4, 0.5) is 4.39 Å². The van der Waals surface area contributed by atoms with Crippen LogP contribution in [0.5, 0.6) is 0 Å². The Balaban J connectivity index is 1.75. The van der Waals surface area contributed by atoms with E-state index in [4.69, 9.17) is 4.74 Å². The molecule has 0 radical (unpaired) electrons. The lowest BCUT2D eigenvalue weighted by Gasteiger charge is -2.37. The van der Waals surface area contributed by atoms with E-state index in [2.05, 4.69) is 4.98 Å². The number of imide groups is 1. The molecule has 6 nitrogen and oxygen atoms in total. The number of aromatic nitrogens is 1. The summed E-state index contributed by atoms with van der Waals surface area (Å²) in [4.78, 5) is 33.8. The van der Waals surface area contributed by atoms with Gasteiger partial charge in [-0.05, 0) is 49.2 Å². The van der Waals surface area contributed by atoms with Gasteiger partial charge in [-0.2, -0.15) is 0 Å². The first kappa shape index (κ1) is 19.3. The minimum Gasteiger partial charge on any atom is -0.372 e. The van der Waals surface area contributed by atoms with Crippen molar-refractivity contribution < 1.29 is 18.7 Å². The number of morpholine rings is 1. The van der Waals surface area contributed by atoms with Crippen LogP contribution in [0.2, 0.25) is 0 Å². The van der Waals surface area contributed by atoms with Crippen LogP contribution in [0.1, 0.15) is 25.0 Å². The monoisotopic (exact) mass is 395 g/mol. The summed E-state index contributed by atoms with van der Waals surface area (Å²) in [6.07, 6.45) is 3.11. The van der Waals surface area contributed by atoms with Crippen LogP contribution in [0.25, 0.3) is 5.57 Å². The molecule has 0 spiro atoms. The normalized spacial score (nSPS) is 22.6. The fourth-order valence-corrected chi connectivity index (χ4v) is 3.91. The Morgan fingerprint density at radius 3 is 2.24 bits per heavy atom. The Morgan fingerprint density at radius 1 is 1.00 bits per heavy atom. The highest BCUT2D eigenvalue weighted by atomic mass is 19.1. The zero-order valence-electron chi connectivity index (χ0n) is 16.3. The van der Waals surface area contributed by atoms with Gasteiger partial charge in [0.2, 0.25) is 0 Å². The number of amides is 2. The maximum atomic E-state index is 13.5. The molecule has 2 amide bonds. The van der Waals surface area contributed by atoms with Gasteiger partial charge in [-0.3, -0.25) is 19.5 Å². The SMILES string of the molecule is CC1CN(C2=C(c3ccc(F)cc3)C(=O)N(Cc3ccncc3)C2=O)CC(C)O1. The van der Waals surface area contributed by atoms with E-state index in [0.717, 1.165) is 5.56 Å². The van der Waals surface area contributed by atoms with E-state index in [9.17, 15) is 14.0 Å². The average molecular weight is 395 g/mol. The number of rotatable bonds is 4. The molecule has 7 heteroatoms. The molecule has 2 aliphatic rings. The summed E-state index contributed by atoms with van der Waals surface area (Å²) in [5.74, 6) is -1.11. The Bertz CT molecular complexity index is 949. The predicted octanol–water partition coefficient (Wildman–Crippen LogP) is 2.61. The summed E-state index contributed by atoms with van der Waals surface area (Å²) in [5, 5.41) is 0. The van der Waals surface area contributed by atoms with Crippen molar-refractivity contribution in [3.8, 4) is 0 Å². The molecule has 4 rings (SSSR count). The molecule has 1 aromatic carbocycles. The van der Waals surface area contributed by atoms with E-state index in [0.29, 0.717) is 29.9 Å². The van der Waals surface area contributed by atoms with Crippen molar-refractivity contribution in [3.63, 3.8) is 0 Å². The lowest BCUT2D eigenvalue weighted by atomic mass is 10.0. The number of pyridine rings is 1. The zero-order chi connectivity index (χ0) is 20.5.